The van der Waals surface area contributed by atoms with Crippen molar-refractivity contribution >= 4 is 11.2 Å². The van der Waals surface area contributed by atoms with E-state index in [1.807, 2.05) is 13.1 Å². The highest BCUT2D eigenvalue weighted by Gasteiger charge is 2.03. The monoisotopic (exact) mass is 232 g/mol. The first-order valence-corrected chi connectivity index (χ1v) is 6.20. The number of aryl methyl sites for hydroxylation is 2. The summed E-state index contributed by atoms with van der Waals surface area (Å²) in [6.45, 7) is 7.39. The second kappa shape index (κ2) is 5.27. The van der Waals surface area contributed by atoms with E-state index >= 15 is 0 Å². The molecular formula is C13H20N4. The zero-order chi connectivity index (χ0) is 12.3. The summed E-state index contributed by atoms with van der Waals surface area (Å²) in [5.41, 5.74) is 3.02. The van der Waals surface area contributed by atoms with Crippen LogP contribution in [-0.2, 0) is 6.42 Å². The molecule has 0 aliphatic heterocycles. The molecule has 0 unspecified atom stereocenters. The van der Waals surface area contributed by atoms with Crippen LogP contribution in [0.2, 0.25) is 0 Å². The largest absolute Gasteiger partial charge is 0.341 e. The van der Waals surface area contributed by atoms with Gasteiger partial charge in [0, 0.05) is 18.7 Å². The van der Waals surface area contributed by atoms with E-state index in [4.69, 9.17) is 0 Å². The topological polar surface area (TPSA) is 53.6 Å². The molecule has 2 aromatic heterocycles. The third-order valence-corrected chi connectivity index (χ3v) is 2.67. The van der Waals surface area contributed by atoms with Crippen LogP contribution in [0.25, 0.3) is 11.2 Å². The minimum atomic E-state index is 0.551. The van der Waals surface area contributed by atoms with Crippen molar-refractivity contribution in [2.45, 2.75) is 39.7 Å². The number of rotatable bonds is 5. The Kier molecular flexibility index (Phi) is 3.74. The number of aromatic amines is 1. The van der Waals surface area contributed by atoms with Crippen molar-refractivity contribution in [3.8, 4) is 0 Å². The first-order chi connectivity index (χ1) is 8.15. The summed E-state index contributed by atoms with van der Waals surface area (Å²) in [7, 11) is 0. The molecule has 17 heavy (non-hydrogen) atoms. The molecule has 4 nitrogen and oxygen atoms in total. The van der Waals surface area contributed by atoms with E-state index in [1.54, 1.807) is 0 Å². The van der Waals surface area contributed by atoms with Gasteiger partial charge in [0.15, 0.2) is 5.65 Å². The lowest BCUT2D eigenvalue weighted by molar-refractivity contribution is 0.567. The van der Waals surface area contributed by atoms with Gasteiger partial charge in [-0.3, -0.25) is 0 Å². The van der Waals surface area contributed by atoms with Crippen molar-refractivity contribution < 1.29 is 0 Å². The predicted molar refractivity (Wildman–Crippen MR) is 70.1 cm³/mol. The van der Waals surface area contributed by atoms with Crippen LogP contribution in [0.3, 0.4) is 0 Å². The molecule has 0 saturated carbocycles. The quantitative estimate of drug-likeness (QED) is 0.777. The molecule has 0 aliphatic carbocycles. The molecule has 4 heteroatoms. The van der Waals surface area contributed by atoms with E-state index in [1.165, 1.54) is 0 Å². The Hall–Kier alpha value is -1.42. The molecule has 0 bridgehead atoms. The van der Waals surface area contributed by atoms with Crippen LogP contribution in [0.5, 0.6) is 0 Å². The van der Waals surface area contributed by atoms with Gasteiger partial charge in [0.1, 0.15) is 5.82 Å². The Balaban J connectivity index is 1.95. The molecule has 0 saturated heterocycles. The molecule has 0 radical (unpaired) electrons. The standard InChI is InChI=1S/C13H20N4/c1-9(2)14-6-4-5-12-16-11-7-10(3)8-15-13(11)17-12/h7-9,14H,4-6H2,1-3H3,(H,15,16,17). The van der Waals surface area contributed by atoms with Gasteiger partial charge in [0.2, 0.25) is 0 Å². The number of nitrogens with one attached hydrogen (secondary N) is 2. The number of hydrogen-bond acceptors (Lipinski definition) is 3. The van der Waals surface area contributed by atoms with E-state index in [2.05, 4.69) is 40.2 Å². The molecule has 2 N–H and O–H groups in total. The number of imidazole rings is 1. The van der Waals surface area contributed by atoms with Crippen molar-refractivity contribution in [2.75, 3.05) is 6.54 Å². The van der Waals surface area contributed by atoms with Crippen LogP contribution in [0, 0.1) is 6.92 Å². The van der Waals surface area contributed by atoms with Crippen molar-refractivity contribution in [1.82, 2.24) is 20.3 Å². The normalized spacial score (nSPS) is 11.5. The second-order valence-electron chi connectivity index (χ2n) is 4.78. The van der Waals surface area contributed by atoms with Gasteiger partial charge in [-0.05, 0) is 31.5 Å². The maximum Gasteiger partial charge on any atom is 0.177 e. The Morgan fingerprint density at radius 2 is 2.24 bits per heavy atom. The number of hydrogen-bond donors (Lipinski definition) is 2. The average Bonchev–Trinajstić information content (AvgIpc) is 2.66. The Morgan fingerprint density at radius 1 is 1.41 bits per heavy atom. The third-order valence-electron chi connectivity index (χ3n) is 2.67. The lowest BCUT2D eigenvalue weighted by atomic mass is 10.3. The fraction of sp³-hybridized carbons (Fsp3) is 0.538. The highest BCUT2D eigenvalue weighted by atomic mass is 15.0. The Labute approximate surface area is 102 Å². The second-order valence-corrected chi connectivity index (χ2v) is 4.78. The molecule has 0 atom stereocenters. The van der Waals surface area contributed by atoms with Crippen LogP contribution in [0.1, 0.15) is 31.7 Å². The lowest BCUT2D eigenvalue weighted by Gasteiger charge is -2.06. The first kappa shape index (κ1) is 12.0. The smallest absolute Gasteiger partial charge is 0.177 e. The predicted octanol–water partition coefficient (Wildman–Crippen LogP) is 2.20. The fourth-order valence-electron chi connectivity index (χ4n) is 1.82. The van der Waals surface area contributed by atoms with E-state index in [9.17, 15) is 0 Å². The molecule has 2 rings (SSSR count). The molecule has 0 aromatic carbocycles. The number of pyridine rings is 1. The maximum atomic E-state index is 4.48. The number of H-pyrrole nitrogens is 1. The van der Waals surface area contributed by atoms with E-state index in [0.29, 0.717) is 6.04 Å². The molecule has 2 heterocycles. The van der Waals surface area contributed by atoms with Gasteiger partial charge in [-0.1, -0.05) is 13.8 Å². The minimum absolute atomic E-state index is 0.551. The van der Waals surface area contributed by atoms with Gasteiger partial charge in [-0.25, -0.2) is 9.97 Å². The minimum Gasteiger partial charge on any atom is -0.341 e. The first-order valence-electron chi connectivity index (χ1n) is 6.20. The van der Waals surface area contributed by atoms with Crippen LogP contribution >= 0.6 is 0 Å². The van der Waals surface area contributed by atoms with Gasteiger partial charge >= 0.3 is 0 Å². The van der Waals surface area contributed by atoms with E-state index < -0.39 is 0 Å². The summed E-state index contributed by atoms with van der Waals surface area (Å²) < 4.78 is 0. The molecular weight excluding hydrogens is 212 g/mol. The number of aromatic nitrogens is 3. The SMILES string of the molecule is Cc1cnc2nc(CCCNC(C)C)[nH]c2c1. The highest BCUT2D eigenvalue weighted by Crippen LogP contribution is 2.11. The third kappa shape index (κ3) is 3.27. The molecule has 92 valence electrons. The van der Waals surface area contributed by atoms with Crippen molar-refractivity contribution in [2.24, 2.45) is 0 Å². The van der Waals surface area contributed by atoms with Gasteiger partial charge < -0.3 is 10.3 Å². The molecule has 0 spiro atoms. The summed E-state index contributed by atoms with van der Waals surface area (Å²) in [5.74, 6) is 1.03. The summed E-state index contributed by atoms with van der Waals surface area (Å²) in [4.78, 5) is 12.1. The fourth-order valence-corrected chi connectivity index (χ4v) is 1.82. The molecule has 0 amide bonds. The highest BCUT2D eigenvalue weighted by molar-refractivity contribution is 5.70. The van der Waals surface area contributed by atoms with Gasteiger partial charge in [0.05, 0.1) is 5.52 Å². The van der Waals surface area contributed by atoms with Gasteiger partial charge in [-0.15, -0.1) is 0 Å². The van der Waals surface area contributed by atoms with Crippen molar-refractivity contribution in [3.05, 3.63) is 23.7 Å². The zero-order valence-electron chi connectivity index (χ0n) is 10.7. The Morgan fingerprint density at radius 3 is 3.00 bits per heavy atom. The van der Waals surface area contributed by atoms with E-state index in [0.717, 1.165) is 41.9 Å². The van der Waals surface area contributed by atoms with Gasteiger partial charge in [0.25, 0.3) is 0 Å². The van der Waals surface area contributed by atoms with E-state index in [-0.39, 0.29) is 0 Å². The summed E-state index contributed by atoms with van der Waals surface area (Å²) in [6.07, 6.45) is 3.92. The summed E-state index contributed by atoms with van der Waals surface area (Å²) in [6, 6.07) is 2.64. The number of fused-ring (bicyclic) bond motifs is 1. The summed E-state index contributed by atoms with van der Waals surface area (Å²) >= 11 is 0. The summed E-state index contributed by atoms with van der Waals surface area (Å²) in [5, 5.41) is 3.40. The van der Waals surface area contributed by atoms with Crippen LogP contribution < -0.4 is 5.32 Å². The molecule has 0 fully saturated rings. The van der Waals surface area contributed by atoms with Crippen LogP contribution in [0.4, 0.5) is 0 Å². The molecule has 0 aliphatic rings. The van der Waals surface area contributed by atoms with Crippen molar-refractivity contribution in [1.29, 1.82) is 0 Å². The molecule has 2 aromatic rings. The van der Waals surface area contributed by atoms with Crippen LogP contribution in [0.15, 0.2) is 12.3 Å². The average molecular weight is 232 g/mol. The van der Waals surface area contributed by atoms with Crippen molar-refractivity contribution in [3.63, 3.8) is 0 Å². The maximum absolute atomic E-state index is 4.48. The zero-order valence-corrected chi connectivity index (χ0v) is 10.7. The number of nitrogens with zero attached hydrogens (tertiary/aromatic N) is 2. The van der Waals surface area contributed by atoms with Gasteiger partial charge in [-0.2, -0.15) is 0 Å². The lowest BCUT2D eigenvalue weighted by Crippen LogP contribution is -2.24. The van der Waals surface area contributed by atoms with Crippen LogP contribution in [-0.4, -0.2) is 27.5 Å². The Bertz CT molecular complexity index is 487.